The van der Waals surface area contributed by atoms with Crippen LogP contribution in [0.25, 0.3) is 0 Å². The minimum atomic E-state index is -0.119. The molecule has 0 saturated heterocycles. The van der Waals surface area contributed by atoms with Crippen molar-refractivity contribution in [2.75, 3.05) is 7.11 Å². The van der Waals surface area contributed by atoms with Gasteiger partial charge in [-0.3, -0.25) is 4.79 Å². The van der Waals surface area contributed by atoms with Gasteiger partial charge in [-0.1, -0.05) is 33.6 Å². The van der Waals surface area contributed by atoms with E-state index in [-0.39, 0.29) is 5.78 Å². The standard InChI is InChI=1S/C15H12BrClO2/c1-9-3-5-11(13(16)7-9)15(18)12-8-10(17)4-6-14(12)19-2/h3-8H,1-2H3. The van der Waals surface area contributed by atoms with Crippen LogP contribution in [0, 0.1) is 6.92 Å². The van der Waals surface area contributed by atoms with E-state index in [4.69, 9.17) is 16.3 Å². The molecule has 0 fully saturated rings. The number of halogens is 2. The van der Waals surface area contributed by atoms with Gasteiger partial charge in [-0.05, 0) is 42.8 Å². The van der Waals surface area contributed by atoms with E-state index in [1.165, 1.54) is 7.11 Å². The van der Waals surface area contributed by atoms with Gasteiger partial charge in [0.2, 0.25) is 0 Å². The molecule has 19 heavy (non-hydrogen) atoms. The number of benzene rings is 2. The second-order valence-corrected chi connectivity index (χ2v) is 5.45. The molecule has 0 unspecified atom stereocenters. The van der Waals surface area contributed by atoms with Gasteiger partial charge in [0, 0.05) is 15.1 Å². The molecule has 0 heterocycles. The van der Waals surface area contributed by atoms with Gasteiger partial charge in [-0.2, -0.15) is 0 Å². The summed E-state index contributed by atoms with van der Waals surface area (Å²) in [5.74, 6) is 0.396. The third kappa shape index (κ3) is 2.99. The van der Waals surface area contributed by atoms with Gasteiger partial charge in [0.25, 0.3) is 0 Å². The molecule has 0 saturated carbocycles. The molecule has 0 N–H and O–H groups in total. The van der Waals surface area contributed by atoms with E-state index < -0.39 is 0 Å². The van der Waals surface area contributed by atoms with Crippen LogP contribution in [0.2, 0.25) is 5.02 Å². The van der Waals surface area contributed by atoms with Crippen LogP contribution in [-0.2, 0) is 0 Å². The number of carbonyl (C=O) groups excluding carboxylic acids is 1. The molecule has 0 amide bonds. The zero-order valence-corrected chi connectivity index (χ0v) is 12.9. The van der Waals surface area contributed by atoms with Crippen LogP contribution in [0.3, 0.4) is 0 Å². The second-order valence-electron chi connectivity index (χ2n) is 4.16. The van der Waals surface area contributed by atoms with Crippen molar-refractivity contribution in [3.63, 3.8) is 0 Å². The molecule has 0 aromatic heterocycles. The van der Waals surface area contributed by atoms with E-state index in [1.807, 2.05) is 19.1 Å². The molecule has 2 rings (SSSR count). The number of ether oxygens (including phenoxy) is 1. The fourth-order valence-corrected chi connectivity index (χ4v) is 2.65. The predicted molar refractivity (Wildman–Crippen MR) is 80.3 cm³/mol. The Morgan fingerprint density at radius 3 is 2.53 bits per heavy atom. The number of hydrogen-bond acceptors (Lipinski definition) is 2. The Balaban J connectivity index is 2.52. The van der Waals surface area contributed by atoms with Crippen LogP contribution < -0.4 is 4.74 Å². The summed E-state index contributed by atoms with van der Waals surface area (Å²) in [5.41, 5.74) is 2.13. The third-order valence-corrected chi connectivity index (χ3v) is 3.67. The van der Waals surface area contributed by atoms with Gasteiger partial charge < -0.3 is 4.74 Å². The van der Waals surface area contributed by atoms with Crippen molar-refractivity contribution in [1.29, 1.82) is 0 Å². The van der Waals surface area contributed by atoms with Crippen LogP contribution in [0.1, 0.15) is 21.5 Å². The summed E-state index contributed by atoms with van der Waals surface area (Å²) in [5, 5.41) is 0.507. The third-order valence-electron chi connectivity index (χ3n) is 2.78. The van der Waals surface area contributed by atoms with Gasteiger partial charge in [0.1, 0.15) is 5.75 Å². The molecular weight excluding hydrogens is 328 g/mol. The quantitative estimate of drug-likeness (QED) is 0.761. The Kier molecular flexibility index (Phi) is 4.27. The first-order valence-electron chi connectivity index (χ1n) is 5.67. The fraction of sp³-hybridized carbons (Fsp3) is 0.133. The molecular formula is C15H12BrClO2. The predicted octanol–water partition coefficient (Wildman–Crippen LogP) is 4.65. The van der Waals surface area contributed by atoms with Gasteiger partial charge >= 0.3 is 0 Å². The molecule has 0 aliphatic heterocycles. The summed E-state index contributed by atoms with van der Waals surface area (Å²) in [6, 6.07) is 10.6. The van der Waals surface area contributed by atoms with Crippen LogP contribution in [-0.4, -0.2) is 12.9 Å². The lowest BCUT2D eigenvalue weighted by atomic mass is 10.0. The lowest BCUT2D eigenvalue weighted by Gasteiger charge is -2.09. The maximum atomic E-state index is 12.5. The van der Waals surface area contributed by atoms with E-state index in [9.17, 15) is 4.79 Å². The second kappa shape index (κ2) is 5.76. The summed E-state index contributed by atoms with van der Waals surface area (Å²) in [6.45, 7) is 1.97. The Morgan fingerprint density at radius 2 is 1.89 bits per heavy atom. The smallest absolute Gasteiger partial charge is 0.197 e. The Hall–Kier alpha value is -1.32. The lowest BCUT2D eigenvalue weighted by Crippen LogP contribution is -2.05. The van der Waals surface area contributed by atoms with Gasteiger partial charge in [0.05, 0.1) is 12.7 Å². The number of ketones is 1. The van der Waals surface area contributed by atoms with Crippen molar-refractivity contribution in [3.05, 3.63) is 62.6 Å². The van der Waals surface area contributed by atoms with Crippen LogP contribution in [0.5, 0.6) is 5.75 Å². The lowest BCUT2D eigenvalue weighted by molar-refractivity contribution is 0.103. The first-order chi connectivity index (χ1) is 9.02. The first kappa shape index (κ1) is 14.1. The zero-order chi connectivity index (χ0) is 14.0. The highest BCUT2D eigenvalue weighted by Gasteiger charge is 2.17. The van der Waals surface area contributed by atoms with E-state index in [2.05, 4.69) is 15.9 Å². The van der Waals surface area contributed by atoms with Crippen molar-refractivity contribution in [2.45, 2.75) is 6.92 Å². The summed E-state index contributed by atoms with van der Waals surface area (Å²) < 4.78 is 5.98. The molecule has 4 heteroatoms. The number of hydrogen-bond donors (Lipinski definition) is 0. The molecule has 0 bridgehead atoms. The fourth-order valence-electron chi connectivity index (χ4n) is 1.81. The summed E-state index contributed by atoms with van der Waals surface area (Å²) in [4.78, 5) is 12.5. The zero-order valence-electron chi connectivity index (χ0n) is 10.5. The Morgan fingerprint density at radius 1 is 1.16 bits per heavy atom. The molecule has 0 radical (unpaired) electrons. The average molecular weight is 340 g/mol. The number of rotatable bonds is 3. The highest BCUT2D eigenvalue weighted by Crippen LogP contribution is 2.28. The molecule has 2 aromatic carbocycles. The van der Waals surface area contributed by atoms with E-state index >= 15 is 0 Å². The normalized spacial score (nSPS) is 10.3. The monoisotopic (exact) mass is 338 g/mol. The van der Waals surface area contributed by atoms with E-state index in [1.54, 1.807) is 24.3 Å². The van der Waals surface area contributed by atoms with E-state index in [0.29, 0.717) is 21.9 Å². The Labute approximate surface area is 125 Å². The van der Waals surface area contributed by atoms with Crippen LogP contribution in [0.15, 0.2) is 40.9 Å². The molecule has 2 nitrogen and oxygen atoms in total. The van der Waals surface area contributed by atoms with Crippen molar-refractivity contribution < 1.29 is 9.53 Å². The maximum Gasteiger partial charge on any atom is 0.197 e. The summed E-state index contributed by atoms with van der Waals surface area (Å²) >= 11 is 9.37. The van der Waals surface area contributed by atoms with Gasteiger partial charge in [0.15, 0.2) is 5.78 Å². The largest absolute Gasteiger partial charge is 0.496 e. The maximum absolute atomic E-state index is 12.5. The molecule has 0 spiro atoms. The van der Waals surface area contributed by atoms with Crippen molar-refractivity contribution in [2.24, 2.45) is 0 Å². The first-order valence-corrected chi connectivity index (χ1v) is 6.84. The molecule has 2 aromatic rings. The molecule has 0 aliphatic carbocycles. The summed E-state index contributed by atoms with van der Waals surface area (Å²) in [7, 11) is 1.53. The van der Waals surface area contributed by atoms with Crippen LogP contribution in [0.4, 0.5) is 0 Å². The minimum absolute atomic E-state index is 0.119. The highest BCUT2D eigenvalue weighted by atomic mass is 79.9. The average Bonchev–Trinajstić information content (AvgIpc) is 2.38. The molecule has 0 aliphatic rings. The highest BCUT2D eigenvalue weighted by molar-refractivity contribution is 9.10. The Bertz CT molecular complexity index is 638. The van der Waals surface area contributed by atoms with E-state index in [0.717, 1.165) is 10.0 Å². The molecule has 0 atom stereocenters. The van der Waals surface area contributed by atoms with Gasteiger partial charge in [-0.25, -0.2) is 0 Å². The molecule has 98 valence electrons. The topological polar surface area (TPSA) is 26.3 Å². The minimum Gasteiger partial charge on any atom is -0.496 e. The number of methoxy groups -OCH3 is 1. The number of carbonyl (C=O) groups is 1. The number of aryl methyl sites for hydroxylation is 1. The SMILES string of the molecule is COc1ccc(Cl)cc1C(=O)c1ccc(C)cc1Br. The van der Waals surface area contributed by atoms with Crippen molar-refractivity contribution >= 4 is 33.3 Å². The summed E-state index contributed by atoms with van der Waals surface area (Å²) in [6.07, 6.45) is 0. The van der Waals surface area contributed by atoms with Crippen molar-refractivity contribution in [3.8, 4) is 5.75 Å². The van der Waals surface area contributed by atoms with Gasteiger partial charge in [-0.15, -0.1) is 0 Å². The van der Waals surface area contributed by atoms with Crippen LogP contribution >= 0.6 is 27.5 Å². The van der Waals surface area contributed by atoms with Crippen molar-refractivity contribution in [1.82, 2.24) is 0 Å².